The van der Waals surface area contributed by atoms with E-state index in [0.717, 1.165) is 11.1 Å². The number of halogens is 3. The van der Waals surface area contributed by atoms with Crippen LogP contribution in [0.1, 0.15) is 35.7 Å². The number of nitrogens with zero attached hydrogens (tertiary/aromatic N) is 2. The smallest absolute Gasteiger partial charge is 0.383 e. The molecule has 7 heteroatoms. The quantitative estimate of drug-likeness (QED) is 0.943. The monoisotopic (exact) mass is 300 g/mol. The number of aliphatic hydroxyl groups excluding tert-OH is 1. The molecule has 0 aliphatic heterocycles. The first-order valence-corrected chi connectivity index (χ1v) is 6.40. The second kappa shape index (κ2) is 5.85. The molecule has 21 heavy (non-hydrogen) atoms. The molecule has 114 valence electrons. The molecule has 0 aliphatic rings. The van der Waals surface area contributed by atoms with Crippen LogP contribution in [0.3, 0.4) is 0 Å². The third-order valence-corrected chi connectivity index (χ3v) is 3.17. The Hall–Kier alpha value is -1.89. The molecule has 1 N–H and O–H groups in total. The van der Waals surface area contributed by atoms with Gasteiger partial charge in [0.2, 0.25) is 5.89 Å². The zero-order valence-electron chi connectivity index (χ0n) is 11.6. The summed E-state index contributed by atoms with van der Waals surface area (Å²) in [5.74, 6) is -1.23. The summed E-state index contributed by atoms with van der Waals surface area (Å²) in [7, 11) is 0. The number of benzene rings is 1. The summed E-state index contributed by atoms with van der Waals surface area (Å²) in [5, 5.41) is 12.8. The lowest BCUT2D eigenvalue weighted by atomic mass is 10.0. The normalized spacial score (nSPS) is 15.0. The molecular weight excluding hydrogens is 285 g/mol. The van der Waals surface area contributed by atoms with Gasteiger partial charge in [-0.15, -0.1) is 0 Å². The molecule has 0 bridgehead atoms. The van der Waals surface area contributed by atoms with Gasteiger partial charge in [0.15, 0.2) is 11.9 Å². The predicted octanol–water partition coefficient (Wildman–Crippen LogP) is 3.00. The number of hydrogen-bond acceptors (Lipinski definition) is 4. The molecule has 1 aromatic carbocycles. The van der Waals surface area contributed by atoms with E-state index in [-0.39, 0.29) is 11.7 Å². The number of hydrogen-bond donors (Lipinski definition) is 1. The molecule has 0 fully saturated rings. The van der Waals surface area contributed by atoms with E-state index in [9.17, 15) is 18.3 Å². The summed E-state index contributed by atoms with van der Waals surface area (Å²) in [6, 6.07) is 7.62. The van der Waals surface area contributed by atoms with E-state index in [0.29, 0.717) is 6.42 Å². The highest BCUT2D eigenvalue weighted by atomic mass is 19.4. The maximum absolute atomic E-state index is 12.4. The summed E-state index contributed by atoms with van der Waals surface area (Å²) in [6.45, 7) is 3.15. The van der Waals surface area contributed by atoms with E-state index in [1.54, 1.807) is 0 Å². The zero-order valence-corrected chi connectivity index (χ0v) is 11.6. The highest BCUT2D eigenvalue weighted by Crippen LogP contribution is 2.30. The third-order valence-electron chi connectivity index (χ3n) is 3.17. The van der Waals surface area contributed by atoms with Crippen molar-refractivity contribution in [3.05, 3.63) is 47.1 Å². The van der Waals surface area contributed by atoms with Crippen LogP contribution in [0.25, 0.3) is 0 Å². The van der Waals surface area contributed by atoms with Crippen molar-refractivity contribution in [3.8, 4) is 0 Å². The Morgan fingerprint density at radius 2 is 1.86 bits per heavy atom. The Labute approximate surface area is 119 Å². The molecule has 0 aliphatic carbocycles. The molecular formula is C14H15F3N2O2. The van der Waals surface area contributed by atoms with Crippen molar-refractivity contribution < 1.29 is 22.8 Å². The van der Waals surface area contributed by atoms with Gasteiger partial charge in [-0.05, 0) is 12.5 Å². The number of rotatable bonds is 4. The minimum absolute atomic E-state index is 0.220. The minimum atomic E-state index is -4.72. The maximum atomic E-state index is 12.4. The van der Waals surface area contributed by atoms with E-state index in [2.05, 4.69) is 10.1 Å². The molecule has 1 aromatic heterocycles. The summed E-state index contributed by atoms with van der Waals surface area (Å²) < 4.78 is 42.1. The van der Waals surface area contributed by atoms with Gasteiger partial charge in [-0.25, -0.2) is 0 Å². The standard InChI is InChI=1S/C14H15F3N2O2/c1-8-3-5-10(6-4-8)7-11-18-13(21-19-11)9(2)12(20)14(15,16)17/h3-6,9,12,20H,7H2,1-2H3. The summed E-state index contributed by atoms with van der Waals surface area (Å²) in [5.41, 5.74) is 2.03. The Balaban J connectivity index is 2.09. The van der Waals surface area contributed by atoms with Crippen molar-refractivity contribution in [2.75, 3.05) is 0 Å². The Bertz CT molecular complexity index is 593. The first-order valence-electron chi connectivity index (χ1n) is 6.40. The van der Waals surface area contributed by atoms with E-state index < -0.39 is 18.2 Å². The van der Waals surface area contributed by atoms with E-state index >= 15 is 0 Å². The van der Waals surface area contributed by atoms with Crippen LogP contribution in [0.15, 0.2) is 28.8 Å². The molecule has 0 radical (unpaired) electrons. The maximum Gasteiger partial charge on any atom is 0.415 e. The van der Waals surface area contributed by atoms with Crippen LogP contribution in [-0.2, 0) is 6.42 Å². The van der Waals surface area contributed by atoms with E-state index in [1.807, 2.05) is 31.2 Å². The van der Waals surface area contributed by atoms with Crippen LogP contribution in [0.2, 0.25) is 0 Å². The molecule has 0 spiro atoms. The highest BCUT2D eigenvalue weighted by molar-refractivity contribution is 5.23. The topological polar surface area (TPSA) is 59.2 Å². The first kappa shape index (κ1) is 15.5. The van der Waals surface area contributed by atoms with Crippen molar-refractivity contribution in [2.45, 2.75) is 38.5 Å². The fourth-order valence-electron chi connectivity index (χ4n) is 1.83. The van der Waals surface area contributed by atoms with Crippen LogP contribution < -0.4 is 0 Å². The average molecular weight is 300 g/mol. The predicted molar refractivity (Wildman–Crippen MR) is 68.8 cm³/mol. The number of aryl methyl sites for hydroxylation is 1. The van der Waals surface area contributed by atoms with Gasteiger partial charge < -0.3 is 9.63 Å². The zero-order chi connectivity index (χ0) is 15.6. The number of aliphatic hydroxyl groups is 1. The third kappa shape index (κ3) is 3.81. The molecule has 4 nitrogen and oxygen atoms in total. The van der Waals surface area contributed by atoms with E-state index in [4.69, 9.17) is 4.52 Å². The Morgan fingerprint density at radius 1 is 1.24 bits per heavy atom. The molecule has 0 saturated heterocycles. The lowest BCUT2D eigenvalue weighted by Crippen LogP contribution is -2.33. The van der Waals surface area contributed by atoms with Crippen molar-refractivity contribution in [1.29, 1.82) is 0 Å². The van der Waals surface area contributed by atoms with Crippen LogP contribution in [0.5, 0.6) is 0 Å². The fourth-order valence-corrected chi connectivity index (χ4v) is 1.83. The molecule has 2 atom stereocenters. The minimum Gasteiger partial charge on any atom is -0.383 e. The molecule has 1 heterocycles. The van der Waals surface area contributed by atoms with Gasteiger partial charge in [0.25, 0.3) is 0 Å². The molecule has 0 amide bonds. The SMILES string of the molecule is Cc1ccc(Cc2noc(C(C)C(O)C(F)(F)F)n2)cc1. The molecule has 2 unspecified atom stereocenters. The second-order valence-corrected chi connectivity index (χ2v) is 4.99. The van der Waals surface area contributed by atoms with E-state index in [1.165, 1.54) is 6.92 Å². The molecule has 0 saturated carbocycles. The van der Waals surface area contributed by atoms with Gasteiger partial charge in [0.05, 0.1) is 5.92 Å². The van der Waals surface area contributed by atoms with Crippen LogP contribution >= 0.6 is 0 Å². The van der Waals surface area contributed by atoms with Gasteiger partial charge in [0.1, 0.15) is 0 Å². The van der Waals surface area contributed by atoms with Gasteiger partial charge in [0, 0.05) is 6.42 Å². The molecule has 2 rings (SSSR count). The Kier molecular flexibility index (Phi) is 4.32. The van der Waals surface area contributed by atoms with Crippen molar-refractivity contribution in [3.63, 3.8) is 0 Å². The number of alkyl halides is 3. The summed E-state index contributed by atoms with van der Waals surface area (Å²) >= 11 is 0. The number of aromatic nitrogens is 2. The van der Waals surface area contributed by atoms with Crippen molar-refractivity contribution >= 4 is 0 Å². The van der Waals surface area contributed by atoms with Crippen molar-refractivity contribution in [2.24, 2.45) is 0 Å². The van der Waals surface area contributed by atoms with Crippen molar-refractivity contribution in [1.82, 2.24) is 10.1 Å². The summed E-state index contributed by atoms with van der Waals surface area (Å²) in [4.78, 5) is 3.92. The van der Waals surface area contributed by atoms with Crippen LogP contribution in [0.4, 0.5) is 13.2 Å². The van der Waals surface area contributed by atoms with Crippen LogP contribution in [-0.4, -0.2) is 27.5 Å². The Morgan fingerprint density at radius 3 is 2.43 bits per heavy atom. The van der Waals surface area contributed by atoms with Gasteiger partial charge in [-0.1, -0.05) is 41.9 Å². The highest BCUT2D eigenvalue weighted by Gasteiger charge is 2.44. The second-order valence-electron chi connectivity index (χ2n) is 4.99. The van der Waals surface area contributed by atoms with Gasteiger partial charge >= 0.3 is 6.18 Å². The van der Waals surface area contributed by atoms with Gasteiger partial charge in [-0.2, -0.15) is 18.2 Å². The first-order chi connectivity index (χ1) is 9.77. The summed E-state index contributed by atoms with van der Waals surface area (Å²) in [6.07, 6.45) is -6.88. The lowest BCUT2D eigenvalue weighted by molar-refractivity contribution is -0.210. The lowest BCUT2D eigenvalue weighted by Gasteiger charge is -2.17. The largest absolute Gasteiger partial charge is 0.415 e. The van der Waals surface area contributed by atoms with Gasteiger partial charge in [-0.3, -0.25) is 0 Å². The fraction of sp³-hybridized carbons (Fsp3) is 0.429. The van der Waals surface area contributed by atoms with Crippen LogP contribution in [0, 0.1) is 6.92 Å². The molecule has 2 aromatic rings. The average Bonchev–Trinajstić information content (AvgIpc) is 2.87.